The number of nitrogens with one attached hydrogen (secondary N) is 2. The number of carbonyl (C=O) groups excluding carboxylic acids is 2. The highest BCUT2D eigenvalue weighted by Gasteiger charge is 2.23. The van der Waals surface area contributed by atoms with Crippen LogP contribution in [0.25, 0.3) is 10.6 Å². The predicted octanol–water partition coefficient (Wildman–Crippen LogP) is 2.95. The van der Waals surface area contributed by atoms with E-state index in [4.69, 9.17) is 0 Å². The maximum atomic E-state index is 12.7. The van der Waals surface area contributed by atoms with Crippen molar-refractivity contribution >= 4 is 28.8 Å². The van der Waals surface area contributed by atoms with Gasteiger partial charge in [-0.2, -0.15) is 0 Å². The molecule has 3 heterocycles. The fraction of sp³-hybridized carbons (Fsp3) is 0.227. The van der Waals surface area contributed by atoms with E-state index in [1.54, 1.807) is 35.2 Å². The van der Waals surface area contributed by atoms with Crippen molar-refractivity contribution in [3.63, 3.8) is 0 Å². The number of amides is 2. The smallest absolute Gasteiger partial charge is 0.261 e. The molecule has 1 aliphatic rings. The summed E-state index contributed by atoms with van der Waals surface area (Å²) in [5.74, 6) is -0.741. The molecule has 0 spiro atoms. The van der Waals surface area contributed by atoms with Crippen molar-refractivity contribution in [1.82, 2.24) is 9.88 Å². The van der Waals surface area contributed by atoms with Crippen LogP contribution in [0.4, 0.5) is 5.69 Å². The molecule has 30 heavy (non-hydrogen) atoms. The summed E-state index contributed by atoms with van der Waals surface area (Å²) in [7, 11) is 0. The van der Waals surface area contributed by atoms with Crippen molar-refractivity contribution in [2.75, 3.05) is 18.4 Å². The molecule has 1 unspecified atom stereocenters. The molecule has 1 fully saturated rings. The predicted molar refractivity (Wildman–Crippen MR) is 116 cm³/mol. The van der Waals surface area contributed by atoms with Gasteiger partial charge in [-0.1, -0.05) is 12.1 Å². The number of β-amino-alcohol motifs (C(OH)–C–C–N with tert-alkyl or cyclic N) is 1. The molecule has 7 nitrogen and oxygen atoms in total. The minimum absolute atomic E-state index is 0.00816. The zero-order valence-electron chi connectivity index (χ0n) is 16.1. The van der Waals surface area contributed by atoms with Gasteiger partial charge in [0.05, 0.1) is 16.7 Å². The van der Waals surface area contributed by atoms with Crippen LogP contribution < -0.4 is 10.9 Å². The number of hydrogen-bond acceptors (Lipinski definition) is 5. The van der Waals surface area contributed by atoms with Gasteiger partial charge in [-0.25, -0.2) is 0 Å². The zero-order chi connectivity index (χ0) is 21.1. The molecule has 1 aromatic carbocycles. The summed E-state index contributed by atoms with van der Waals surface area (Å²) < 4.78 is 0. The second kappa shape index (κ2) is 8.64. The Bertz CT molecular complexity index is 1120. The maximum absolute atomic E-state index is 12.7. The lowest BCUT2D eigenvalue weighted by Crippen LogP contribution is -2.42. The van der Waals surface area contributed by atoms with Crippen molar-refractivity contribution in [3.05, 3.63) is 75.4 Å². The van der Waals surface area contributed by atoms with Gasteiger partial charge in [-0.05, 0) is 54.6 Å². The van der Waals surface area contributed by atoms with Crippen molar-refractivity contribution in [3.8, 4) is 10.6 Å². The van der Waals surface area contributed by atoms with Gasteiger partial charge in [0.1, 0.15) is 5.56 Å². The summed E-state index contributed by atoms with van der Waals surface area (Å²) >= 11 is 1.50. The topological polar surface area (TPSA) is 102 Å². The van der Waals surface area contributed by atoms with E-state index >= 15 is 0 Å². The third-order valence-electron chi connectivity index (χ3n) is 4.99. The highest BCUT2D eigenvalue weighted by molar-refractivity contribution is 7.13. The molecule has 4 rings (SSSR count). The SMILES string of the molecule is O=C(Nc1cccc(C(=O)N2CCCC(O)C2)c1)c1ccc(-c2cccs2)[nH]c1=O. The number of aromatic amines is 1. The number of benzene rings is 1. The van der Waals surface area contributed by atoms with Crippen molar-refractivity contribution in [2.24, 2.45) is 0 Å². The number of thiophene rings is 1. The first-order valence-electron chi connectivity index (χ1n) is 9.67. The second-order valence-corrected chi connectivity index (χ2v) is 8.12. The minimum atomic E-state index is -0.549. The van der Waals surface area contributed by atoms with E-state index in [0.29, 0.717) is 36.5 Å². The quantitative estimate of drug-likeness (QED) is 0.600. The number of anilines is 1. The highest BCUT2D eigenvalue weighted by atomic mass is 32.1. The van der Waals surface area contributed by atoms with Gasteiger partial charge in [-0.15, -0.1) is 11.3 Å². The molecule has 2 amide bonds. The fourth-order valence-electron chi connectivity index (χ4n) is 3.48. The lowest BCUT2D eigenvalue weighted by molar-refractivity contribution is 0.0474. The molecule has 0 bridgehead atoms. The van der Waals surface area contributed by atoms with E-state index in [9.17, 15) is 19.5 Å². The number of H-pyrrole nitrogens is 1. The van der Waals surface area contributed by atoms with Crippen molar-refractivity contribution in [2.45, 2.75) is 18.9 Å². The highest BCUT2D eigenvalue weighted by Crippen LogP contribution is 2.22. The van der Waals surface area contributed by atoms with E-state index in [-0.39, 0.29) is 11.5 Å². The van der Waals surface area contributed by atoms with E-state index in [0.717, 1.165) is 11.3 Å². The van der Waals surface area contributed by atoms with Gasteiger partial charge in [0.25, 0.3) is 17.4 Å². The third-order valence-corrected chi connectivity index (χ3v) is 5.90. The summed E-state index contributed by atoms with van der Waals surface area (Å²) in [6.07, 6.45) is 0.947. The molecule has 2 aromatic heterocycles. The molecule has 8 heteroatoms. The molecule has 1 atom stereocenters. The van der Waals surface area contributed by atoms with E-state index in [1.807, 2.05) is 17.5 Å². The number of carbonyl (C=O) groups is 2. The van der Waals surface area contributed by atoms with Crippen molar-refractivity contribution < 1.29 is 14.7 Å². The van der Waals surface area contributed by atoms with E-state index < -0.39 is 17.6 Å². The largest absolute Gasteiger partial charge is 0.391 e. The number of rotatable bonds is 4. The Balaban J connectivity index is 1.49. The van der Waals surface area contributed by atoms with Crippen LogP contribution in [0.5, 0.6) is 0 Å². The first kappa shape index (κ1) is 20.1. The van der Waals surface area contributed by atoms with Gasteiger partial charge >= 0.3 is 0 Å². The van der Waals surface area contributed by atoms with Crippen LogP contribution in [0.3, 0.4) is 0 Å². The maximum Gasteiger partial charge on any atom is 0.261 e. The number of pyridine rings is 1. The summed E-state index contributed by atoms with van der Waals surface area (Å²) in [6, 6.07) is 13.5. The second-order valence-electron chi connectivity index (χ2n) is 7.17. The molecule has 1 aliphatic heterocycles. The number of aliphatic hydroxyl groups excluding tert-OH is 1. The monoisotopic (exact) mass is 423 g/mol. The van der Waals surface area contributed by atoms with Crippen LogP contribution >= 0.6 is 11.3 Å². The van der Waals surface area contributed by atoms with Crippen LogP contribution in [-0.4, -0.2) is 46.0 Å². The normalized spacial score (nSPS) is 16.3. The van der Waals surface area contributed by atoms with E-state index in [2.05, 4.69) is 10.3 Å². The number of nitrogens with zero attached hydrogens (tertiary/aromatic N) is 1. The van der Waals surface area contributed by atoms with Crippen molar-refractivity contribution in [1.29, 1.82) is 0 Å². The Labute approximate surface area is 177 Å². The summed E-state index contributed by atoms with van der Waals surface area (Å²) in [6.45, 7) is 0.903. The lowest BCUT2D eigenvalue weighted by Gasteiger charge is -2.30. The number of aromatic nitrogens is 1. The number of piperidine rings is 1. The number of aliphatic hydroxyl groups is 1. The Morgan fingerprint density at radius 1 is 1.17 bits per heavy atom. The summed E-state index contributed by atoms with van der Waals surface area (Å²) in [5.41, 5.74) is 1.01. The van der Waals surface area contributed by atoms with Crippen LogP contribution in [0, 0.1) is 0 Å². The molecule has 3 aromatic rings. The average molecular weight is 423 g/mol. The minimum Gasteiger partial charge on any atom is -0.391 e. The molecule has 154 valence electrons. The third kappa shape index (κ3) is 4.34. The molecule has 0 saturated carbocycles. The first-order chi connectivity index (χ1) is 14.5. The molecule has 1 saturated heterocycles. The molecule has 0 aliphatic carbocycles. The molecular formula is C22H21N3O4S. The first-order valence-corrected chi connectivity index (χ1v) is 10.6. The molecule has 3 N–H and O–H groups in total. The van der Waals surface area contributed by atoms with Crippen LogP contribution in [0.15, 0.2) is 58.7 Å². The van der Waals surface area contributed by atoms with Crippen LogP contribution in [0.2, 0.25) is 0 Å². The Morgan fingerprint density at radius 3 is 2.77 bits per heavy atom. The van der Waals surface area contributed by atoms with Gasteiger partial charge in [0, 0.05) is 24.3 Å². The molecular weight excluding hydrogens is 402 g/mol. The van der Waals surface area contributed by atoms with Gasteiger partial charge in [0.15, 0.2) is 0 Å². The molecule has 0 radical (unpaired) electrons. The lowest BCUT2D eigenvalue weighted by atomic mass is 10.1. The number of hydrogen-bond donors (Lipinski definition) is 3. The Morgan fingerprint density at radius 2 is 2.03 bits per heavy atom. The van der Waals surface area contributed by atoms with Crippen LogP contribution in [-0.2, 0) is 0 Å². The van der Waals surface area contributed by atoms with Gasteiger partial charge in [-0.3, -0.25) is 14.4 Å². The Kier molecular flexibility index (Phi) is 5.78. The number of likely N-dealkylation sites (tertiary alicyclic amines) is 1. The summed E-state index contributed by atoms with van der Waals surface area (Å²) in [5, 5.41) is 14.4. The Hall–Kier alpha value is -3.23. The fourth-order valence-corrected chi connectivity index (χ4v) is 4.19. The summed E-state index contributed by atoms with van der Waals surface area (Å²) in [4.78, 5) is 42.9. The average Bonchev–Trinajstić information content (AvgIpc) is 3.28. The van der Waals surface area contributed by atoms with Gasteiger partial charge in [0.2, 0.25) is 0 Å². The zero-order valence-corrected chi connectivity index (χ0v) is 16.9. The standard InChI is InChI=1S/C22H21N3O4S/c26-16-6-2-10-25(13-16)22(29)14-4-1-5-15(12-14)23-20(27)17-8-9-18(24-21(17)28)19-7-3-11-30-19/h1,3-5,7-9,11-12,16,26H,2,6,10,13H2,(H,23,27)(H,24,28). The van der Waals surface area contributed by atoms with Crippen LogP contribution in [0.1, 0.15) is 33.6 Å². The van der Waals surface area contributed by atoms with E-state index in [1.165, 1.54) is 17.4 Å². The van der Waals surface area contributed by atoms with Gasteiger partial charge < -0.3 is 20.3 Å².